The number of nitrogens with two attached hydrogens (primary N) is 1. The first-order valence-corrected chi connectivity index (χ1v) is 6.74. The van der Waals surface area contributed by atoms with Crippen LogP contribution in [-0.2, 0) is 0 Å². The minimum absolute atomic E-state index is 0.220. The van der Waals surface area contributed by atoms with Crippen molar-refractivity contribution in [2.75, 3.05) is 31.4 Å². The molecule has 108 valence electrons. The second-order valence-electron chi connectivity index (χ2n) is 5.50. The van der Waals surface area contributed by atoms with Crippen molar-refractivity contribution in [3.8, 4) is 0 Å². The molecule has 5 N–H and O–H groups in total. The van der Waals surface area contributed by atoms with Gasteiger partial charge in [-0.25, -0.2) is 5.84 Å². The summed E-state index contributed by atoms with van der Waals surface area (Å²) in [5.74, 6) is 6.53. The quantitative estimate of drug-likeness (QED) is 0.466. The van der Waals surface area contributed by atoms with Crippen LogP contribution in [0.15, 0.2) is 6.20 Å². The summed E-state index contributed by atoms with van der Waals surface area (Å²) in [6, 6.07) is 0. The van der Waals surface area contributed by atoms with Crippen LogP contribution in [0.25, 0.3) is 11.0 Å². The van der Waals surface area contributed by atoms with E-state index in [1.54, 1.807) is 6.20 Å². The minimum Gasteiger partial charge on any atom is -0.367 e. The van der Waals surface area contributed by atoms with Crippen LogP contribution in [0.1, 0.15) is 19.3 Å². The molecule has 8 nitrogen and oxygen atoms in total. The first-order chi connectivity index (χ1) is 9.64. The topological polar surface area (TPSA) is 108 Å². The number of nitrogen functional groups attached to an aromatic ring is 1. The SMILES string of the molecule is CN(C)C1(CNc2nc(NN)nc3[nH]ncc23)CCC1. The van der Waals surface area contributed by atoms with Crippen molar-refractivity contribution in [2.45, 2.75) is 24.8 Å². The Morgan fingerprint density at radius 3 is 2.80 bits per heavy atom. The molecule has 0 bridgehead atoms. The van der Waals surface area contributed by atoms with Gasteiger partial charge < -0.3 is 10.2 Å². The zero-order valence-corrected chi connectivity index (χ0v) is 11.8. The number of hydrazine groups is 1. The van der Waals surface area contributed by atoms with Crippen LogP contribution < -0.4 is 16.6 Å². The summed E-state index contributed by atoms with van der Waals surface area (Å²) < 4.78 is 0. The lowest BCUT2D eigenvalue weighted by Crippen LogP contribution is -2.54. The molecule has 3 rings (SSSR count). The molecule has 2 aromatic heterocycles. The van der Waals surface area contributed by atoms with Crippen LogP contribution >= 0.6 is 0 Å². The number of anilines is 2. The zero-order valence-electron chi connectivity index (χ0n) is 11.8. The Hall–Kier alpha value is -1.93. The molecule has 0 unspecified atom stereocenters. The fraction of sp³-hybridized carbons (Fsp3) is 0.583. The maximum atomic E-state index is 5.40. The monoisotopic (exact) mass is 276 g/mol. The molecule has 8 heteroatoms. The first-order valence-electron chi connectivity index (χ1n) is 6.74. The van der Waals surface area contributed by atoms with Crippen molar-refractivity contribution in [1.82, 2.24) is 25.1 Å². The van der Waals surface area contributed by atoms with Crippen LogP contribution in [0, 0.1) is 0 Å². The van der Waals surface area contributed by atoms with Crippen LogP contribution in [-0.4, -0.2) is 51.2 Å². The van der Waals surface area contributed by atoms with Crippen LogP contribution in [0.5, 0.6) is 0 Å². The lowest BCUT2D eigenvalue weighted by molar-refractivity contribution is 0.0738. The first kappa shape index (κ1) is 13.1. The molecular formula is C12H20N8. The van der Waals surface area contributed by atoms with Crippen LogP contribution in [0.3, 0.4) is 0 Å². The van der Waals surface area contributed by atoms with Crippen molar-refractivity contribution in [1.29, 1.82) is 0 Å². The van der Waals surface area contributed by atoms with E-state index in [-0.39, 0.29) is 5.54 Å². The van der Waals surface area contributed by atoms with E-state index in [0.717, 1.165) is 17.7 Å². The second kappa shape index (κ2) is 4.88. The van der Waals surface area contributed by atoms with E-state index < -0.39 is 0 Å². The smallest absolute Gasteiger partial charge is 0.241 e. The molecule has 0 radical (unpaired) electrons. The molecule has 1 fully saturated rings. The van der Waals surface area contributed by atoms with Gasteiger partial charge in [-0.3, -0.25) is 10.5 Å². The molecule has 2 heterocycles. The Morgan fingerprint density at radius 1 is 1.40 bits per heavy atom. The summed E-state index contributed by atoms with van der Waals surface area (Å²) in [6.45, 7) is 0.849. The van der Waals surface area contributed by atoms with Crippen molar-refractivity contribution >= 4 is 22.8 Å². The number of likely N-dealkylation sites (N-methyl/N-ethyl adjacent to an activating group) is 1. The molecule has 0 aliphatic heterocycles. The molecule has 1 aliphatic rings. The lowest BCUT2D eigenvalue weighted by atomic mass is 9.75. The lowest BCUT2D eigenvalue weighted by Gasteiger charge is -2.47. The maximum Gasteiger partial charge on any atom is 0.241 e. The molecule has 0 spiro atoms. The van der Waals surface area contributed by atoms with Gasteiger partial charge in [0, 0.05) is 12.1 Å². The number of nitrogens with zero attached hydrogens (tertiary/aromatic N) is 4. The number of H-pyrrole nitrogens is 1. The van der Waals surface area contributed by atoms with Gasteiger partial charge in [0.2, 0.25) is 5.95 Å². The molecule has 0 amide bonds. The zero-order chi connectivity index (χ0) is 14.2. The van der Waals surface area contributed by atoms with E-state index in [0.29, 0.717) is 11.6 Å². The molecule has 0 atom stereocenters. The number of aromatic nitrogens is 4. The average Bonchev–Trinajstić information content (AvgIpc) is 2.84. The van der Waals surface area contributed by atoms with E-state index >= 15 is 0 Å². The fourth-order valence-corrected chi connectivity index (χ4v) is 2.65. The number of aromatic amines is 1. The predicted molar refractivity (Wildman–Crippen MR) is 78.3 cm³/mol. The van der Waals surface area contributed by atoms with Gasteiger partial charge in [-0.2, -0.15) is 15.1 Å². The highest BCUT2D eigenvalue weighted by molar-refractivity contribution is 5.86. The Kier molecular flexibility index (Phi) is 3.19. The van der Waals surface area contributed by atoms with Gasteiger partial charge in [0.1, 0.15) is 5.82 Å². The summed E-state index contributed by atoms with van der Waals surface area (Å²) in [4.78, 5) is 10.9. The third-order valence-corrected chi connectivity index (χ3v) is 4.26. The van der Waals surface area contributed by atoms with Crippen LogP contribution in [0.4, 0.5) is 11.8 Å². The Balaban J connectivity index is 1.85. The normalized spacial score (nSPS) is 17.2. The summed E-state index contributed by atoms with van der Waals surface area (Å²) in [7, 11) is 4.25. The number of rotatable bonds is 5. The van der Waals surface area contributed by atoms with E-state index in [1.807, 2.05) is 0 Å². The van der Waals surface area contributed by atoms with E-state index in [9.17, 15) is 0 Å². The van der Waals surface area contributed by atoms with Gasteiger partial charge in [0.15, 0.2) is 5.65 Å². The van der Waals surface area contributed by atoms with Gasteiger partial charge in [-0.15, -0.1) is 0 Å². The third kappa shape index (κ3) is 2.06. The Labute approximate surface area is 117 Å². The standard InChI is InChI=1S/C12H20N8/c1-20(2)12(4-3-5-12)7-14-9-8-6-15-19-10(8)17-11(16-9)18-13/h6H,3-5,7,13H2,1-2H3,(H3,14,15,16,17,18,19). The molecule has 1 saturated carbocycles. The van der Waals surface area contributed by atoms with Crippen molar-refractivity contribution in [3.05, 3.63) is 6.20 Å². The molecular weight excluding hydrogens is 256 g/mol. The Bertz CT molecular complexity index is 601. The molecule has 0 saturated heterocycles. The molecule has 20 heavy (non-hydrogen) atoms. The molecule has 0 aromatic carbocycles. The number of fused-ring (bicyclic) bond motifs is 1. The third-order valence-electron chi connectivity index (χ3n) is 4.26. The summed E-state index contributed by atoms with van der Waals surface area (Å²) in [6.07, 6.45) is 5.41. The second-order valence-corrected chi connectivity index (χ2v) is 5.50. The highest BCUT2D eigenvalue weighted by Gasteiger charge is 2.38. The van der Waals surface area contributed by atoms with Gasteiger partial charge in [0.25, 0.3) is 0 Å². The van der Waals surface area contributed by atoms with E-state index in [4.69, 9.17) is 5.84 Å². The maximum absolute atomic E-state index is 5.40. The van der Waals surface area contributed by atoms with E-state index in [2.05, 4.69) is 49.9 Å². The summed E-state index contributed by atoms with van der Waals surface area (Å²) >= 11 is 0. The van der Waals surface area contributed by atoms with Crippen molar-refractivity contribution in [3.63, 3.8) is 0 Å². The number of hydrogen-bond donors (Lipinski definition) is 4. The predicted octanol–water partition coefficient (Wildman–Crippen LogP) is 0.535. The summed E-state index contributed by atoms with van der Waals surface area (Å²) in [5.41, 5.74) is 3.37. The van der Waals surface area contributed by atoms with E-state index in [1.165, 1.54) is 19.3 Å². The highest BCUT2D eigenvalue weighted by atomic mass is 15.3. The minimum atomic E-state index is 0.220. The highest BCUT2D eigenvalue weighted by Crippen LogP contribution is 2.36. The fourth-order valence-electron chi connectivity index (χ4n) is 2.65. The summed E-state index contributed by atoms with van der Waals surface area (Å²) in [5, 5.41) is 11.1. The number of nitrogens with one attached hydrogen (secondary N) is 3. The largest absolute Gasteiger partial charge is 0.367 e. The molecule has 1 aliphatic carbocycles. The molecule has 2 aromatic rings. The average molecular weight is 276 g/mol. The van der Waals surface area contributed by atoms with Gasteiger partial charge in [0.05, 0.1) is 11.6 Å². The van der Waals surface area contributed by atoms with Gasteiger partial charge >= 0.3 is 0 Å². The van der Waals surface area contributed by atoms with Crippen molar-refractivity contribution in [2.24, 2.45) is 5.84 Å². The van der Waals surface area contributed by atoms with Gasteiger partial charge in [-0.05, 0) is 33.4 Å². The number of hydrogen-bond acceptors (Lipinski definition) is 7. The van der Waals surface area contributed by atoms with Gasteiger partial charge in [-0.1, -0.05) is 0 Å². The Morgan fingerprint density at radius 2 is 2.20 bits per heavy atom. The van der Waals surface area contributed by atoms with Crippen molar-refractivity contribution < 1.29 is 0 Å². The van der Waals surface area contributed by atoms with Crippen LogP contribution in [0.2, 0.25) is 0 Å².